The summed E-state index contributed by atoms with van der Waals surface area (Å²) < 4.78 is 5.64. The predicted octanol–water partition coefficient (Wildman–Crippen LogP) is 4.70. The maximum Gasteiger partial charge on any atom is 0.248 e. The fourth-order valence-corrected chi connectivity index (χ4v) is 3.64. The van der Waals surface area contributed by atoms with E-state index < -0.39 is 0 Å². The third-order valence-corrected chi connectivity index (χ3v) is 5.35. The maximum atomic E-state index is 12.6. The van der Waals surface area contributed by atoms with Gasteiger partial charge in [0.15, 0.2) is 0 Å². The number of hydrogen-bond acceptors (Lipinski definition) is 4. The number of nitriles is 1. The molecule has 0 saturated heterocycles. The van der Waals surface area contributed by atoms with Crippen molar-refractivity contribution in [2.45, 2.75) is 0 Å². The first kappa shape index (κ1) is 19.7. The van der Waals surface area contributed by atoms with E-state index in [1.807, 2.05) is 48.5 Å². The number of ether oxygens (including phenoxy) is 1. The van der Waals surface area contributed by atoms with Gasteiger partial charge >= 0.3 is 0 Å². The van der Waals surface area contributed by atoms with Crippen molar-refractivity contribution < 1.29 is 9.53 Å². The first-order valence-electron chi connectivity index (χ1n) is 9.31. The van der Waals surface area contributed by atoms with E-state index in [0.717, 1.165) is 22.3 Å². The monoisotopic (exact) mass is 415 g/mol. The number of fused-ring (bicyclic) bond motifs is 1. The molecule has 0 saturated carbocycles. The highest BCUT2D eigenvalue weighted by molar-refractivity contribution is 6.30. The number of halogens is 1. The van der Waals surface area contributed by atoms with Crippen molar-refractivity contribution in [1.82, 2.24) is 0 Å². The molecule has 0 aromatic heterocycles. The Morgan fingerprint density at radius 3 is 2.53 bits per heavy atom. The zero-order chi connectivity index (χ0) is 21.3. The second-order valence-electron chi connectivity index (χ2n) is 6.89. The number of hydrogen-bond donors (Lipinski definition) is 0. The Labute approximate surface area is 179 Å². The van der Waals surface area contributed by atoms with Crippen LogP contribution in [-0.2, 0) is 4.79 Å². The largest absolute Gasteiger partial charge is 0.496 e. The van der Waals surface area contributed by atoms with Crippen LogP contribution in [-0.4, -0.2) is 32.3 Å². The molecule has 3 aromatic rings. The van der Waals surface area contributed by atoms with Crippen molar-refractivity contribution in [3.8, 4) is 22.9 Å². The molecule has 0 bridgehead atoms. The lowest BCUT2D eigenvalue weighted by Crippen LogP contribution is -2.27. The predicted molar refractivity (Wildman–Crippen MR) is 119 cm³/mol. The van der Waals surface area contributed by atoms with E-state index in [9.17, 15) is 10.1 Å². The highest BCUT2D eigenvalue weighted by atomic mass is 35.5. The summed E-state index contributed by atoms with van der Waals surface area (Å²) in [6.07, 6.45) is 0. The molecule has 0 N–H and O–H groups in total. The molecule has 0 aliphatic carbocycles. The number of carbonyl (C=O) groups excluding carboxylic acids is 1. The Balaban J connectivity index is 1.98. The topological polar surface area (TPSA) is 65.7 Å². The van der Waals surface area contributed by atoms with Gasteiger partial charge in [-0.15, -0.1) is 0 Å². The van der Waals surface area contributed by atoms with Crippen LogP contribution in [0.2, 0.25) is 5.02 Å². The van der Waals surface area contributed by atoms with Gasteiger partial charge in [0.1, 0.15) is 12.3 Å². The minimum atomic E-state index is -0.121. The molecule has 6 heteroatoms. The van der Waals surface area contributed by atoms with Crippen molar-refractivity contribution in [2.75, 3.05) is 25.6 Å². The van der Waals surface area contributed by atoms with Gasteiger partial charge in [-0.3, -0.25) is 9.79 Å². The standard InChI is InChI=1S/C24H18ClN3O2/c1-28-21-12-22(30-2)19(16-6-8-18(25)9-7-16)11-20(21)24(27-14-23(28)29)17-5-3-4-15(10-17)13-26/h3-12H,14H2,1-2H3. The number of aliphatic imine (C=N–C) groups is 1. The smallest absolute Gasteiger partial charge is 0.248 e. The minimum Gasteiger partial charge on any atom is -0.496 e. The summed E-state index contributed by atoms with van der Waals surface area (Å²) in [5, 5.41) is 9.95. The second kappa shape index (κ2) is 8.02. The molecule has 1 amide bonds. The van der Waals surface area contributed by atoms with Crippen LogP contribution in [0.1, 0.15) is 16.7 Å². The molecule has 0 fully saturated rings. The summed E-state index contributed by atoms with van der Waals surface area (Å²) >= 11 is 6.06. The van der Waals surface area contributed by atoms with E-state index in [1.165, 1.54) is 0 Å². The number of benzodiazepines with no additional fused rings is 1. The number of anilines is 1. The lowest BCUT2D eigenvalue weighted by atomic mass is 9.94. The van der Waals surface area contributed by atoms with Gasteiger partial charge in [0.05, 0.1) is 30.1 Å². The molecule has 0 spiro atoms. The van der Waals surface area contributed by atoms with Gasteiger partial charge in [-0.1, -0.05) is 35.9 Å². The summed E-state index contributed by atoms with van der Waals surface area (Å²) in [7, 11) is 3.33. The van der Waals surface area contributed by atoms with Crippen LogP contribution in [0.4, 0.5) is 5.69 Å². The molecule has 0 atom stereocenters. The molecule has 148 valence electrons. The Hall–Kier alpha value is -3.62. The highest BCUT2D eigenvalue weighted by Gasteiger charge is 2.25. The SMILES string of the molecule is COc1cc2c(cc1-c1ccc(Cl)cc1)C(c1cccc(C#N)c1)=NCC(=O)N2C. The second-order valence-corrected chi connectivity index (χ2v) is 7.32. The van der Waals surface area contributed by atoms with Crippen LogP contribution in [0, 0.1) is 11.3 Å². The molecule has 1 aliphatic heterocycles. The molecular weight excluding hydrogens is 398 g/mol. The molecule has 3 aromatic carbocycles. The van der Waals surface area contributed by atoms with E-state index in [1.54, 1.807) is 31.2 Å². The van der Waals surface area contributed by atoms with Crippen molar-refractivity contribution in [1.29, 1.82) is 5.26 Å². The van der Waals surface area contributed by atoms with Crippen LogP contribution >= 0.6 is 11.6 Å². The molecule has 4 rings (SSSR count). The lowest BCUT2D eigenvalue weighted by molar-refractivity contribution is -0.116. The van der Waals surface area contributed by atoms with Gasteiger partial charge in [-0.25, -0.2) is 0 Å². The van der Waals surface area contributed by atoms with Crippen LogP contribution in [0.15, 0.2) is 65.7 Å². The third kappa shape index (κ3) is 3.54. The molecule has 30 heavy (non-hydrogen) atoms. The van der Waals surface area contributed by atoms with Gasteiger partial charge in [-0.2, -0.15) is 5.26 Å². The fourth-order valence-electron chi connectivity index (χ4n) is 3.52. The first-order chi connectivity index (χ1) is 14.5. The Morgan fingerprint density at radius 2 is 1.83 bits per heavy atom. The van der Waals surface area contributed by atoms with Gasteiger partial charge in [-0.05, 0) is 35.9 Å². The maximum absolute atomic E-state index is 12.6. The quantitative estimate of drug-likeness (QED) is 0.622. The van der Waals surface area contributed by atoms with E-state index in [-0.39, 0.29) is 12.5 Å². The Bertz CT molecular complexity index is 1210. The van der Waals surface area contributed by atoms with Gasteiger partial charge in [0, 0.05) is 34.8 Å². The number of methoxy groups -OCH3 is 1. The van der Waals surface area contributed by atoms with Crippen LogP contribution < -0.4 is 9.64 Å². The normalized spacial score (nSPS) is 13.2. The van der Waals surface area contributed by atoms with E-state index in [2.05, 4.69) is 11.1 Å². The summed E-state index contributed by atoms with van der Waals surface area (Å²) in [6.45, 7) is 0.0237. The van der Waals surface area contributed by atoms with Crippen LogP contribution in [0.3, 0.4) is 0 Å². The van der Waals surface area contributed by atoms with Gasteiger partial charge < -0.3 is 9.64 Å². The van der Waals surface area contributed by atoms with Crippen molar-refractivity contribution in [2.24, 2.45) is 4.99 Å². The third-order valence-electron chi connectivity index (χ3n) is 5.10. The minimum absolute atomic E-state index is 0.0237. The average molecular weight is 416 g/mol. The average Bonchev–Trinajstić information content (AvgIpc) is 2.90. The molecule has 0 unspecified atom stereocenters. The number of likely N-dealkylation sites (N-methyl/N-ethyl adjacent to an activating group) is 1. The van der Waals surface area contributed by atoms with E-state index in [0.29, 0.717) is 27.7 Å². The van der Waals surface area contributed by atoms with Crippen molar-refractivity contribution in [3.05, 3.63) is 82.4 Å². The summed E-state index contributed by atoms with van der Waals surface area (Å²) in [4.78, 5) is 18.8. The number of carbonyl (C=O) groups is 1. The molecule has 5 nitrogen and oxygen atoms in total. The number of benzene rings is 3. The summed E-state index contributed by atoms with van der Waals surface area (Å²) in [5.41, 5.74) is 5.27. The number of nitrogens with zero attached hydrogens (tertiary/aromatic N) is 3. The Kier molecular flexibility index (Phi) is 5.26. The molecular formula is C24H18ClN3O2. The van der Waals surface area contributed by atoms with Crippen molar-refractivity contribution >= 4 is 28.9 Å². The van der Waals surface area contributed by atoms with Crippen LogP contribution in [0.25, 0.3) is 11.1 Å². The molecule has 0 radical (unpaired) electrons. The zero-order valence-corrected chi connectivity index (χ0v) is 17.3. The van der Waals surface area contributed by atoms with E-state index >= 15 is 0 Å². The first-order valence-corrected chi connectivity index (χ1v) is 9.69. The summed E-state index contributed by atoms with van der Waals surface area (Å²) in [6, 6.07) is 20.7. The van der Waals surface area contributed by atoms with E-state index in [4.69, 9.17) is 16.3 Å². The fraction of sp³-hybridized carbons (Fsp3) is 0.125. The summed E-state index contributed by atoms with van der Waals surface area (Å²) in [5.74, 6) is 0.520. The van der Waals surface area contributed by atoms with Crippen LogP contribution in [0.5, 0.6) is 5.75 Å². The number of amides is 1. The highest BCUT2D eigenvalue weighted by Crippen LogP contribution is 2.38. The lowest BCUT2D eigenvalue weighted by Gasteiger charge is -2.21. The Morgan fingerprint density at radius 1 is 1.07 bits per heavy atom. The molecule has 1 heterocycles. The van der Waals surface area contributed by atoms with Crippen molar-refractivity contribution in [3.63, 3.8) is 0 Å². The van der Waals surface area contributed by atoms with Gasteiger partial charge in [0.25, 0.3) is 0 Å². The zero-order valence-electron chi connectivity index (χ0n) is 16.5. The molecule has 1 aliphatic rings. The number of rotatable bonds is 3. The van der Waals surface area contributed by atoms with Gasteiger partial charge in [0.2, 0.25) is 5.91 Å².